The number of aromatic nitrogens is 2. The van der Waals surface area contributed by atoms with E-state index in [0.29, 0.717) is 43.2 Å². The van der Waals surface area contributed by atoms with Crippen molar-refractivity contribution in [2.45, 2.75) is 12.8 Å². The monoisotopic (exact) mass is 372 g/mol. The predicted octanol–water partition coefficient (Wildman–Crippen LogP) is 0.948. The molecule has 1 aromatic carbocycles. The first kappa shape index (κ1) is 18.8. The molecule has 0 unspecified atom stereocenters. The maximum atomic E-state index is 12.6. The molecule has 27 heavy (non-hydrogen) atoms. The second-order valence-corrected chi connectivity index (χ2v) is 6.69. The van der Waals surface area contributed by atoms with Gasteiger partial charge in [-0.3, -0.25) is 18.7 Å². The standard InChI is InChI=1S/C19H24N4O4/c1-21-16(12-17(24)22(2)19(21)26)23-10-8-13(9-11-23)18(25)20-14-6-4-5-7-15(14)27-3/h4-7,12-13H,8-11H2,1-3H3,(H,20,25). The molecule has 1 saturated heterocycles. The number of anilines is 2. The zero-order valence-corrected chi connectivity index (χ0v) is 15.8. The van der Waals surface area contributed by atoms with E-state index in [-0.39, 0.29) is 23.1 Å². The Bertz CT molecular complexity index is 955. The number of nitrogens with one attached hydrogen (secondary N) is 1. The summed E-state index contributed by atoms with van der Waals surface area (Å²) in [6.07, 6.45) is 1.29. The van der Waals surface area contributed by atoms with Crippen molar-refractivity contribution in [2.24, 2.45) is 20.0 Å². The SMILES string of the molecule is COc1ccccc1NC(=O)C1CCN(c2cc(=O)n(C)c(=O)n2C)CC1. The third-order valence-corrected chi connectivity index (χ3v) is 5.06. The Morgan fingerprint density at radius 2 is 1.78 bits per heavy atom. The second kappa shape index (κ2) is 7.69. The zero-order chi connectivity index (χ0) is 19.6. The van der Waals surface area contributed by atoms with Gasteiger partial charge in [-0.2, -0.15) is 0 Å². The number of piperidine rings is 1. The van der Waals surface area contributed by atoms with Crippen LogP contribution in [0.25, 0.3) is 0 Å². The molecule has 2 aromatic rings. The second-order valence-electron chi connectivity index (χ2n) is 6.69. The van der Waals surface area contributed by atoms with E-state index in [1.807, 2.05) is 17.0 Å². The van der Waals surface area contributed by atoms with Gasteiger partial charge in [0.25, 0.3) is 5.56 Å². The van der Waals surface area contributed by atoms with Gasteiger partial charge < -0.3 is 15.0 Å². The molecule has 0 spiro atoms. The number of para-hydroxylation sites is 2. The molecule has 0 bridgehead atoms. The first-order valence-corrected chi connectivity index (χ1v) is 8.88. The van der Waals surface area contributed by atoms with Gasteiger partial charge in [0.05, 0.1) is 12.8 Å². The van der Waals surface area contributed by atoms with Crippen LogP contribution in [0.1, 0.15) is 12.8 Å². The van der Waals surface area contributed by atoms with Gasteiger partial charge in [0.15, 0.2) is 0 Å². The molecule has 8 heteroatoms. The molecule has 2 heterocycles. The van der Waals surface area contributed by atoms with Crippen molar-refractivity contribution in [3.8, 4) is 5.75 Å². The molecule has 1 aliphatic rings. The Kier molecular flexibility index (Phi) is 5.34. The number of rotatable bonds is 4. The largest absolute Gasteiger partial charge is 0.495 e. The highest BCUT2D eigenvalue weighted by molar-refractivity contribution is 5.94. The number of hydrogen-bond donors (Lipinski definition) is 1. The lowest BCUT2D eigenvalue weighted by molar-refractivity contribution is -0.120. The summed E-state index contributed by atoms with van der Waals surface area (Å²) in [5, 5.41) is 2.93. The molecule has 0 radical (unpaired) electrons. The van der Waals surface area contributed by atoms with Crippen molar-refractivity contribution in [1.29, 1.82) is 0 Å². The number of carbonyl (C=O) groups excluding carboxylic acids is 1. The Labute approximate surface area is 157 Å². The summed E-state index contributed by atoms with van der Waals surface area (Å²) in [5.74, 6) is 1.04. The van der Waals surface area contributed by atoms with Crippen LogP contribution in [0.5, 0.6) is 5.75 Å². The zero-order valence-electron chi connectivity index (χ0n) is 15.8. The highest BCUT2D eigenvalue weighted by Gasteiger charge is 2.27. The first-order chi connectivity index (χ1) is 12.9. The van der Waals surface area contributed by atoms with Crippen LogP contribution in [0.2, 0.25) is 0 Å². The molecular formula is C19H24N4O4. The van der Waals surface area contributed by atoms with E-state index < -0.39 is 0 Å². The molecule has 3 rings (SSSR count). The lowest BCUT2D eigenvalue weighted by Gasteiger charge is -2.33. The number of amides is 1. The molecule has 1 amide bonds. The molecule has 1 fully saturated rings. The summed E-state index contributed by atoms with van der Waals surface area (Å²) >= 11 is 0. The quantitative estimate of drug-likeness (QED) is 0.864. The van der Waals surface area contributed by atoms with Crippen molar-refractivity contribution >= 4 is 17.4 Å². The lowest BCUT2D eigenvalue weighted by atomic mass is 9.95. The van der Waals surface area contributed by atoms with Crippen LogP contribution in [0.3, 0.4) is 0 Å². The van der Waals surface area contributed by atoms with Gasteiger partial charge in [-0.25, -0.2) is 4.79 Å². The number of nitrogens with zero attached hydrogens (tertiary/aromatic N) is 3. The van der Waals surface area contributed by atoms with Gasteiger partial charge in [0.2, 0.25) is 5.91 Å². The minimum absolute atomic E-state index is 0.0444. The molecule has 0 aliphatic carbocycles. The third kappa shape index (κ3) is 3.74. The summed E-state index contributed by atoms with van der Waals surface area (Å²) in [7, 11) is 4.68. The average Bonchev–Trinajstić information content (AvgIpc) is 2.69. The van der Waals surface area contributed by atoms with Crippen LogP contribution >= 0.6 is 0 Å². The highest BCUT2D eigenvalue weighted by atomic mass is 16.5. The van der Waals surface area contributed by atoms with Crippen molar-refractivity contribution in [3.63, 3.8) is 0 Å². The fourth-order valence-corrected chi connectivity index (χ4v) is 3.38. The number of carbonyl (C=O) groups is 1. The summed E-state index contributed by atoms with van der Waals surface area (Å²) < 4.78 is 7.82. The predicted molar refractivity (Wildman–Crippen MR) is 103 cm³/mol. The van der Waals surface area contributed by atoms with Gasteiger partial charge in [-0.05, 0) is 25.0 Å². The van der Waals surface area contributed by atoms with E-state index >= 15 is 0 Å². The van der Waals surface area contributed by atoms with Gasteiger partial charge in [-0.15, -0.1) is 0 Å². The fraction of sp³-hybridized carbons (Fsp3) is 0.421. The minimum atomic E-state index is -0.353. The Balaban J connectivity index is 1.68. The third-order valence-electron chi connectivity index (χ3n) is 5.06. The molecule has 1 N–H and O–H groups in total. The normalized spacial score (nSPS) is 14.9. The topological polar surface area (TPSA) is 85.6 Å². The molecule has 1 aliphatic heterocycles. The molecule has 1 aromatic heterocycles. The van der Waals surface area contributed by atoms with Crippen molar-refractivity contribution in [2.75, 3.05) is 30.4 Å². The summed E-state index contributed by atoms with van der Waals surface area (Å²) in [6.45, 7) is 1.20. The Morgan fingerprint density at radius 1 is 1.11 bits per heavy atom. The Hall–Kier alpha value is -3.03. The van der Waals surface area contributed by atoms with Crippen molar-refractivity contribution in [1.82, 2.24) is 9.13 Å². The molecule has 8 nitrogen and oxygen atoms in total. The van der Waals surface area contributed by atoms with Crippen LogP contribution in [0, 0.1) is 5.92 Å². The Morgan fingerprint density at radius 3 is 2.44 bits per heavy atom. The van der Waals surface area contributed by atoms with Crippen LogP contribution in [0.15, 0.2) is 39.9 Å². The van der Waals surface area contributed by atoms with Gasteiger partial charge in [-0.1, -0.05) is 12.1 Å². The number of benzene rings is 1. The van der Waals surface area contributed by atoms with E-state index in [4.69, 9.17) is 4.74 Å². The van der Waals surface area contributed by atoms with Crippen LogP contribution < -0.4 is 26.2 Å². The minimum Gasteiger partial charge on any atom is -0.495 e. The fourth-order valence-electron chi connectivity index (χ4n) is 3.38. The van der Waals surface area contributed by atoms with Gasteiger partial charge in [0, 0.05) is 39.2 Å². The van der Waals surface area contributed by atoms with Crippen LogP contribution in [-0.4, -0.2) is 35.2 Å². The van der Waals surface area contributed by atoms with Crippen molar-refractivity contribution < 1.29 is 9.53 Å². The molecule has 144 valence electrons. The lowest BCUT2D eigenvalue weighted by Crippen LogP contribution is -2.44. The number of ether oxygens (including phenoxy) is 1. The summed E-state index contributed by atoms with van der Waals surface area (Å²) in [6, 6.07) is 8.77. The van der Waals surface area contributed by atoms with E-state index in [2.05, 4.69) is 5.32 Å². The summed E-state index contributed by atoms with van der Waals surface area (Å²) in [5.41, 5.74) is -0.0286. The number of hydrogen-bond acceptors (Lipinski definition) is 5. The van der Waals surface area contributed by atoms with Crippen LogP contribution in [0.4, 0.5) is 11.5 Å². The van der Waals surface area contributed by atoms with Crippen LogP contribution in [-0.2, 0) is 18.9 Å². The van der Waals surface area contributed by atoms with E-state index in [0.717, 1.165) is 4.57 Å². The van der Waals surface area contributed by atoms with E-state index in [1.54, 1.807) is 26.3 Å². The van der Waals surface area contributed by atoms with E-state index in [1.165, 1.54) is 17.7 Å². The smallest absolute Gasteiger partial charge is 0.332 e. The molecular weight excluding hydrogens is 348 g/mol. The maximum absolute atomic E-state index is 12.6. The first-order valence-electron chi connectivity index (χ1n) is 8.88. The molecule has 0 atom stereocenters. The average molecular weight is 372 g/mol. The summed E-state index contributed by atoms with van der Waals surface area (Å²) in [4.78, 5) is 38.6. The maximum Gasteiger partial charge on any atom is 0.332 e. The number of methoxy groups -OCH3 is 1. The van der Waals surface area contributed by atoms with Gasteiger partial charge in [0.1, 0.15) is 11.6 Å². The highest BCUT2D eigenvalue weighted by Crippen LogP contribution is 2.26. The van der Waals surface area contributed by atoms with Crippen molar-refractivity contribution in [3.05, 3.63) is 51.2 Å². The van der Waals surface area contributed by atoms with Gasteiger partial charge >= 0.3 is 5.69 Å². The van der Waals surface area contributed by atoms with E-state index in [9.17, 15) is 14.4 Å². The molecule has 0 saturated carbocycles.